The maximum absolute atomic E-state index is 14.1. The largest absolute Gasteiger partial charge is 0.497 e. The van der Waals surface area contributed by atoms with E-state index in [1.54, 1.807) is 13.2 Å². The molecule has 6 nitrogen and oxygen atoms in total. The topological polar surface area (TPSA) is 80.6 Å². The molecule has 0 aliphatic heterocycles. The highest BCUT2D eigenvalue weighted by Gasteiger charge is 2.30. The molecule has 1 heterocycles. The predicted molar refractivity (Wildman–Crippen MR) is 124 cm³/mol. The zero-order valence-electron chi connectivity index (χ0n) is 18.9. The van der Waals surface area contributed by atoms with E-state index in [9.17, 15) is 19.1 Å². The van der Waals surface area contributed by atoms with E-state index in [0.717, 1.165) is 39.9 Å². The van der Waals surface area contributed by atoms with Crippen molar-refractivity contribution >= 4 is 22.8 Å². The molecule has 174 valence electrons. The summed E-state index contributed by atoms with van der Waals surface area (Å²) in [5, 5.41) is 13.6. The van der Waals surface area contributed by atoms with Gasteiger partial charge in [0, 0.05) is 29.1 Å². The summed E-state index contributed by atoms with van der Waals surface area (Å²) in [4.78, 5) is 24.5. The number of fused-ring (bicyclic) bond motifs is 3. The second-order valence-electron chi connectivity index (χ2n) is 8.57. The van der Waals surface area contributed by atoms with Gasteiger partial charge in [0.2, 0.25) is 5.91 Å². The fourth-order valence-electron chi connectivity index (χ4n) is 4.86. The number of hydrogen-bond donors (Lipinski definition) is 2. The third-order valence-electron chi connectivity index (χ3n) is 6.51. The Morgan fingerprint density at radius 3 is 2.67 bits per heavy atom. The summed E-state index contributed by atoms with van der Waals surface area (Å²) in [7, 11) is 1.62. The van der Waals surface area contributed by atoms with Gasteiger partial charge in [0.15, 0.2) is 0 Å². The Hall–Kier alpha value is -3.35. The molecule has 0 saturated heterocycles. The number of carboxylic acid groups (broad SMARTS) is 1. The van der Waals surface area contributed by atoms with Gasteiger partial charge in [-0.3, -0.25) is 4.79 Å². The third kappa shape index (κ3) is 4.72. The van der Waals surface area contributed by atoms with E-state index in [0.29, 0.717) is 32.1 Å². The first-order valence-corrected chi connectivity index (χ1v) is 11.4. The molecule has 0 radical (unpaired) electrons. The number of nitrogens with one attached hydrogen (secondary N) is 1. The van der Waals surface area contributed by atoms with Gasteiger partial charge in [-0.2, -0.15) is 0 Å². The van der Waals surface area contributed by atoms with Crippen LogP contribution in [0.15, 0.2) is 42.5 Å². The summed E-state index contributed by atoms with van der Waals surface area (Å²) in [5.74, 6) is -0.483. The van der Waals surface area contributed by atoms with Crippen molar-refractivity contribution in [3.63, 3.8) is 0 Å². The molecule has 33 heavy (non-hydrogen) atoms. The first-order chi connectivity index (χ1) is 15.9. The van der Waals surface area contributed by atoms with E-state index in [-0.39, 0.29) is 17.8 Å². The third-order valence-corrected chi connectivity index (χ3v) is 6.51. The highest BCUT2D eigenvalue weighted by Crippen LogP contribution is 2.36. The molecule has 0 bridgehead atoms. The van der Waals surface area contributed by atoms with Crippen LogP contribution < -0.4 is 10.1 Å². The number of carboxylic acids is 1. The molecule has 1 aliphatic rings. The summed E-state index contributed by atoms with van der Waals surface area (Å²) >= 11 is 0. The lowest BCUT2D eigenvalue weighted by atomic mass is 9.91. The van der Waals surface area contributed by atoms with Crippen molar-refractivity contribution in [2.75, 3.05) is 7.11 Å². The molecule has 0 fully saturated rings. The Kier molecular flexibility index (Phi) is 6.67. The number of hydrogen-bond acceptors (Lipinski definition) is 3. The molecule has 1 unspecified atom stereocenters. The lowest BCUT2D eigenvalue weighted by molar-refractivity contribution is -0.141. The Balaban J connectivity index is 1.50. The van der Waals surface area contributed by atoms with Gasteiger partial charge >= 0.3 is 5.97 Å². The molecular formula is C26H29FN2O4. The van der Waals surface area contributed by atoms with E-state index < -0.39 is 12.0 Å². The molecule has 1 amide bonds. The molecule has 4 rings (SSSR count). The van der Waals surface area contributed by atoms with Crippen molar-refractivity contribution < 1.29 is 23.8 Å². The van der Waals surface area contributed by atoms with Crippen LogP contribution in [0, 0.1) is 5.82 Å². The molecule has 2 N–H and O–H groups in total. The average Bonchev–Trinajstić information content (AvgIpc) is 3.11. The number of nitrogens with zero attached hydrogens (tertiary/aromatic N) is 1. The predicted octanol–water partition coefficient (Wildman–Crippen LogP) is 4.43. The highest BCUT2D eigenvalue weighted by molar-refractivity contribution is 5.88. The van der Waals surface area contributed by atoms with Gasteiger partial charge in [-0.05, 0) is 73.6 Å². The lowest BCUT2D eigenvalue weighted by Gasteiger charge is -2.26. The number of aryl methyl sites for hydroxylation is 1. The van der Waals surface area contributed by atoms with E-state index in [1.807, 2.05) is 35.8 Å². The Labute approximate surface area is 192 Å². The fraction of sp³-hybridized carbons (Fsp3) is 0.385. The van der Waals surface area contributed by atoms with Gasteiger partial charge < -0.3 is 19.7 Å². The number of benzene rings is 2. The van der Waals surface area contributed by atoms with Crippen LogP contribution in [0.4, 0.5) is 4.39 Å². The van der Waals surface area contributed by atoms with E-state index in [1.165, 1.54) is 12.1 Å². The van der Waals surface area contributed by atoms with E-state index in [2.05, 4.69) is 5.32 Å². The van der Waals surface area contributed by atoms with Crippen LogP contribution in [0.2, 0.25) is 0 Å². The molecular weight excluding hydrogens is 423 g/mol. The summed E-state index contributed by atoms with van der Waals surface area (Å²) in [6.07, 6.45) is 3.37. The minimum atomic E-state index is -0.893. The van der Waals surface area contributed by atoms with Gasteiger partial charge in [-0.25, -0.2) is 9.18 Å². The van der Waals surface area contributed by atoms with Crippen molar-refractivity contribution in [3.05, 3.63) is 65.1 Å². The van der Waals surface area contributed by atoms with Crippen molar-refractivity contribution in [1.29, 1.82) is 0 Å². The zero-order chi connectivity index (χ0) is 23.5. The number of aliphatic carboxylic acids is 1. The highest BCUT2D eigenvalue weighted by atomic mass is 19.1. The van der Waals surface area contributed by atoms with E-state index >= 15 is 0 Å². The Morgan fingerprint density at radius 1 is 1.24 bits per heavy atom. The van der Waals surface area contributed by atoms with Crippen LogP contribution in [-0.2, 0) is 28.9 Å². The number of halogens is 1. The summed E-state index contributed by atoms with van der Waals surface area (Å²) in [6, 6.07) is 11.4. The smallest absolute Gasteiger partial charge is 0.326 e. The monoisotopic (exact) mass is 452 g/mol. The molecule has 0 saturated carbocycles. The number of aromatic nitrogens is 1. The Bertz CT molecular complexity index is 1170. The van der Waals surface area contributed by atoms with Crippen LogP contribution in [0.1, 0.15) is 49.0 Å². The minimum Gasteiger partial charge on any atom is -0.497 e. The number of rotatable bonds is 8. The summed E-state index contributed by atoms with van der Waals surface area (Å²) in [5.41, 5.74) is 3.68. The summed E-state index contributed by atoms with van der Waals surface area (Å²) in [6.45, 7) is 1.84. The standard InChI is InChI=1S/C26H29FN2O4/c1-3-22(26(31)32)29-23-11-7-17(27)14-20(23)21-15-18(8-12-24(21)29)28-25(30)13-6-16-4-9-19(33-2)10-5-16/h4-5,7,9-11,14,18,22H,3,6,8,12-13,15H2,1-2H3,(H,28,30)(H,31,32)/t18-,22?/m0/s1. The van der Waals surface area contributed by atoms with Crippen LogP contribution in [-0.4, -0.2) is 34.7 Å². The second-order valence-corrected chi connectivity index (χ2v) is 8.57. The maximum Gasteiger partial charge on any atom is 0.326 e. The number of carbonyl (C=O) groups is 2. The number of methoxy groups -OCH3 is 1. The van der Waals surface area contributed by atoms with Gasteiger partial charge in [0.1, 0.15) is 17.6 Å². The van der Waals surface area contributed by atoms with Gasteiger partial charge in [-0.1, -0.05) is 19.1 Å². The maximum atomic E-state index is 14.1. The van der Waals surface area contributed by atoms with Crippen LogP contribution >= 0.6 is 0 Å². The van der Waals surface area contributed by atoms with Crippen LogP contribution in [0.3, 0.4) is 0 Å². The first kappa shape index (κ1) is 22.8. The quantitative estimate of drug-likeness (QED) is 0.530. The molecule has 1 aliphatic carbocycles. The number of amides is 1. The molecule has 2 atom stereocenters. The van der Waals surface area contributed by atoms with Crippen LogP contribution in [0.25, 0.3) is 10.9 Å². The molecule has 2 aromatic carbocycles. The van der Waals surface area contributed by atoms with E-state index in [4.69, 9.17) is 4.74 Å². The van der Waals surface area contributed by atoms with Crippen LogP contribution in [0.5, 0.6) is 5.75 Å². The van der Waals surface area contributed by atoms with Crippen molar-refractivity contribution in [3.8, 4) is 5.75 Å². The fourth-order valence-corrected chi connectivity index (χ4v) is 4.86. The molecule has 0 spiro atoms. The van der Waals surface area contributed by atoms with Crippen molar-refractivity contribution in [2.45, 2.75) is 57.5 Å². The number of ether oxygens (including phenoxy) is 1. The van der Waals surface area contributed by atoms with Crippen molar-refractivity contribution in [1.82, 2.24) is 9.88 Å². The Morgan fingerprint density at radius 2 is 2.00 bits per heavy atom. The van der Waals surface area contributed by atoms with Gasteiger partial charge in [-0.15, -0.1) is 0 Å². The first-order valence-electron chi connectivity index (χ1n) is 11.4. The number of carbonyl (C=O) groups excluding carboxylic acids is 1. The average molecular weight is 453 g/mol. The summed E-state index contributed by atoms with van der Waals surface area (Å²) < 4.78 is 21.1. The van der Waals surface area contributed by atoms with Crippen molar-refractivity contribution in [2.24, 2.45) is 0 Å². The second kappa shape index (κ2) is 9.65. The zero-order valence-corrected chi connectivity index (χ0v) is 18.9. The van der Waals surface area contributed by atoms with Gasteiger partial charge in [0.05, 0.1) is 7.11 Å². The normalized spacial score (nSPS) is 16.3. The SMILES string of the molecule is CCC(C(=O)O)n1c2c(c3cc(F)ccc31)C[C@@H](NC(=O)CCc1ccc(OC)cc1)CC2. The van der Waals surface area contributed by atoms with Gasteiger partial charge in [0.25, 0.3) is 0 Å². The molecule has 7 heteroatoms. The minimum absolute atomic E-state index is 0.0221. The molecule has 3 aromatic rings. The molecule has 1 aromatic heterocycles. The lowest BCUT2D eigenvalue weighted by Crippen LogP contribution is -2.39.